The van der Waals surface area contributed by atoms with Crippen LogP contribution in [0.15, 0.2) is 54.6 Å². The summed E-state index contributed by atoms with van der Waals surface area (Å²) in [6.45, 7) is 3.81. The molecule has 0 aromatic heterocycles. The smallest absolute Gasteiger partial charge is 0.118 e. The van der Waals surface area contributed by atoms with E-state index in [1.807, 2.05) is 42.5 Å². The summed E-state index contributed by atoms with van der Waals surface area (Å²) < 4.78 is 16.7. The van der Waals surface area contributed by atoms with Gasteiger partial charge < -0.3 is 19.3 Å². The number of hydrogen-bond acceptors (Lipinski definition) is 5. The van der Waals surface area contributed by atoms with E-state index in [4.69, 9.17) is 14.2 Å². The Morgan fingerprint density at radius 1 is 1.11 bits per heavy atom. The zero-order valence-corrected chi connectivity index (χ0v) is 16.6. The zero-order valence-electron chi connectivity index (χ0n) is 16.6. The molecule has 2 atom stereocenters. The zero-order chi connectivity index (χ0) is 19.6. The van der Waals surface area contributed by atoms with Crippen LogP contribution in [0, 0.1) is 0 Å². The van der Waals surface area contributed by atoms with E-state index < -0.39 is 6.10 Å². The van der Waals surface area contributed by atoms with Crippen LogP contribution in [0.5, 0.6) is 5.75 Å². The molecule has 2 unspecified atom stereocenters. The molecule has 2 aromatic rings. The van der Waals surface area contributed by atoms with Crippen molar-refractivity contribution in [2.45, 2.75) is 38.2 Å². The predicted octanol–water partition coefficient (Wildman–Crippen LogP) is 3.25. The highest BCUT2D eigenvalue weighted by Gasteiger charge is 2.21. The fraction of sp³-hybridized carbons (Fsp3) is 0.478. The molecule has 0 radical (unpaired) electrons. The molecular weight excluding hydrogens is 354 g/mol. The Labute approximate surface area is 167 Å². The van der Waals surface area contributed by atoms with Gasteiger partial charge in [0.05, 0.1) is 32.5 Å². The van der Waals surface area contributed by atoms with Crippen molar-refractivity contribution < 1.29 is 19.3 Å². The van der Waals surface area contributed by atoms with E-state index in [0.717, 1.165) is 43.9 Å². The monoisotopic (exact) mass is 385 g/mol. The molecule has 5 heteroatoms. The van der Waals surface area contributed by atoms with Crippen LogP contribution in [0.25, 0.3) is 0 Å². The Bertz CT molecular complexity index is 671. The molecule has 1 heterocycles. The first-order valence-corrected chi connectivity index (χ1v) is 9.99. The molecule has 1 N–H and O–H groups in total. The number of rotatable bonds is 11. The van der Waals surface area contributed by atoms with Crippen molar-refractivity contribution in [3.05, 3.63) is 65.7 Å². The number of ether oxygens (including phenoxy) is 3. The lowest BCUT2D eigenvalue weighted by Crippen LogP contribution is -2.39. The minimum atomic E-state index is -0.539. The van der Waals surface area contributed by atoms with Crippen LogP contribution in [0.2, 0.25) is 0 Å². The van der Waals surface area contributed by atoms with Gasteiger partial charge in [-0.05, 0) is 36.1 Å². The third-order valence-electron chi connectivity index (χ3n) is 4.94. The minimum absolute atomic E-state index is 0.246. The number of nitrogens with zero attached hydrogens (tertiary/aromatic N) is 1. The van der Waals surface area contributed by atoms with E-state index in [1.54, 1.807) is 7.11 Å². The third kappa shape index (κ3) is 6.91. The molecule has 1 fully saturated rings. The van der Waals surface area contributed by atoms with E-state index in [1.165, 1.54) is 5.56 Å². The van der Waals surface area contributed by atoms with Crippen LogP contribution in [0.1, 0.15) is 24.0 Å². The van der Waals surface area contributed by atoms with Gasteiger partial charge in [-0.15, -0.1) is 0 Å². The van der Waals surface area contributed by atoms with Crippen LogP contribution < -0.4 is 4.74 Å². The highest BCUT2D eigenvalue weighted by atomic mass is 16.5. The molecule has 1 aliphatic heterocycles. The average molecular weight is 386 g/mol. The molecule has 1 saturated heterocycles. The molecule has 0 spiro atoms. The lowest BCUT2D eigenvalue weighted by atomic mass is 10.1. The fourth-order valence-electron chi connectivity index (χ4n) is 3.51. The Kier molecular flexibility index (Phi) is 8.30. The van der Waals surface area contributed by atoms with Crippen molar-refractivity contribution in [2.24, 2.45) is 0 Å². The Morgan fingerprint density at radius 2 is 1.89 bits per heavy atom. The second kappa shape index (κ2) is 11.2. The highest BCUT2D eigenvalue weighted by molar-refractivity contribution is 5.27. The van der Waals surface area contributed by atoms with Crippen molar-refractivity contribution in [3.8, 4) is 5.75 Å². The van der Waals surface area contributed by atoms with Crippen LogP contribution in [-0.2, 0) is 22.6 Å². The Balaban J connectivity index is 1.51. The van der Waals surface area contributed by atoms with Gasteiger partial charge >= 0.3 is 0 Å². The molecule has 152 valence electrons. The first-order chi connectivity index (χ1) is 13.7. The molecule has 0 bridgehead atoms. The normalized spacial score (nSPS) is 17.8. The second-order valence-corrected chi connectivity index (χ2v) is 7.33. The summed E-state index contributed by atoms with van der Waals surface area (Å²) in [5, 5.41) is 10.5. The number of methoxy groups -OCH3 is 1. The molecular formula is C23H31NO4. The van der Waals surface area contributed by atoms with E-state index in [2.05, 4.69) is 17.0 Å². The summed E-state index contributed by atoms with van der Waals surface area (Å²) in [7, 11) is 1.67. The standard InChI is InChI=1S/C23H31NO4/c1-26-22-11-9-19(10-12-22)14-24(16-23-8-5-13-28-23)15-21(25)18-27-17-20-6-3-2-4-7-20/h2-4,6-7,9-12,21,23,25H,5,8,13-18H2,1H3. The summed E-state index contributed by atoms with van der Waals surface area (Å²) in [6, 6.07) is 18.1. The lowest BCUT2D eigenvalue weighted by molar-refractivity contribution is -0.00287. The van der Waals surface area contributed by atoms with Crippen molar-refractivity contribution >= 4 is 0 Å². The van der Waals surface area contributed by atoms with E-state index in [9.17, 15) is 5.11 Å². The maximum absolute atomic E-state index is 10.5. The number of aliphatic hydroxyl groups is 1. The first-order valence-electron chi connectivity index (χ1n) is 9.99. The summed E-state index contributed by atoms with van der Waals surface area (Å²) in [4.78, 5) is 2.26. The average Bonchev–Trinajstić information content (AvgIpc) is 3.22. The topological polar surface area (TPSA) is 51.2 Å². The van der Waals surface area contributed by atoms with Gasteiger partial charge in [-0.25, -0.2) is 0 Å². The number of hydrogen-bond donors (Lipinski definition) is 1. The Hall–Kier alpha value is -1.92. The summed E-state index contributed by atoms with van der Waals surface area (Å²) >= 11 is 0. The quantitative estimate of drug-likeness (QED) is 0.643. The molecule has 1 aliphatic rings. The van der Waals surface area contributed by atoms with Gasteiger partial charge in [0.25, 0.3) is 0 Å². The van der Waals surface area contributed by atoms with E-state index in [-0.39, 0.29) is 6.10 Å². The van der Waals surface area contributed by atoms with Gasteiger partial charge in [0.1, 0.15) is 5.75 Å². The van der Waals surface area contributed by atoms with Gasteiger partial charge in [-0.2, -0.15) is 0 Å². The van der Waals surface area contributed by atoms with Crippen LogP contribution in [0.4, 0.5) is 0 Å². The van der Waals surface area contributed by atoms with Crippen molar-refractivity contribution in [1.82, 2.24) is 4.90 Å². The van der Waals surface area contributed by atoms with Gasteiger partial charge in [0.15, 0.2) is 0 Å². The predicted molar refractivity (Wildman–Crippen MR) is 109 cm³/mol. The van der Waals surface area contributed by atoms with E-state index >= 15 is 0 Å². The van der Waals surface area contributed by atoms with Crippen molar-refractivity contribution in [2.75, 3.05) is 33.4 Å². The third-order valence-corrected chi connectivity index (χ3v) is 4.94. The molecule has 0 amide bonds. The molecule has 28 heavy (non-hydrogen) atoms. The van der Waals surface area contributed by atoms with Crippen LogP contribution >= 0.6 is 0 Å². The molecule has 2 aromatic carbocycles. The minimum Gasteiger partial charge on any atom is -0.497 e. The largest absolute Gasteiger partial charge is 0.497 e. The van der Waals surface area contributed by atoms with Crippen LogP contribution in [-0.4, -0.2) is 55.6 Å². The van der Waals surface area contributed by atoms with Crippen molar-refractivity contribution in [1.29, 1.82) is 0 Å². The fourth-order valence-corrected chi connectivity index (χ4v) is 3.51. The first kappa shape index (κ1) is 20.8. The molecule has 5 nitrogen and oxygen atoms in total. The van der Waals surface area contributed by atoms with Gasteiger partial charge in [-0.3, -0.25) is 4.90 Å². The number of benzene rings is 2. The molecule has 0 aliphatic carbocycles. The SMILES string of the molecule is COc1ccc(CN(CC(O)COCc2ccccc2)CC2CCCO2)cc1. The Morgan fingerprint density at radius 3 is 2.57 bits per heavy atom. The highest BCUT2D eigenvalue weighted by Crippen LogP contribution is 2.17. The van der Waals surface area contributed by atoms with Gasteiger partial charge in [0, 0.05) is 26.2 Å². The maximum atomic E-state index is 10.5. The summed E-state index contributed by atoms with van der Waals surface area (Å²) in [5.74, 6) is 0.851. The summed E-state index contributed by atoms with van der Waals surface area (Å²) in [6.07, 6.45) is 1.91. The number of aliphatic hydroxyl groups excluding tert-OH is 1. The van der Waals surface area contributed by atoms with Gasteiger partial charge in [0.2, 0.25) is 0 Å². The second-order valence-electron chi connectivity index (χ2n) is 7.33. The van der Waals surface area contributed by atoms with E-state index in [0.29, 0.717) is 19.8 Å². The molecule has 0 saturated carbocycles. The van der Waals surface area contributed by atoms with Crippen molar-refractivity contribution in [3.63, 3.8) is 0 Å². The summed E-state index contributed by atoms with van der Waals surface area (Å²) in [5.41, 5.74) is 2.31. The van der Waals surface area contributed by atoms with Gasteiger partial charge in [-0.1, -0.05) is 42.5 Å². The molecule has 3 rings (SSSR count). The maximum Gasteiger partial charge on any atom is 0.118 e. The van der Waals surface area contributed by atoms with Crippen LogP contribution in [0.3, 0.4) is 0 Å². The lowest BCUT2D eigenvalue weighted by Gasteiger charge is -2.27.